The summed E-state index contributed by atoms with van der Waals surface area (Å²) in [6, 6.07) is 5.47. The minimum absolute atomic E-state index is 0.648. The lowest BCUT2D eigenvalue weighted by atomic mass is 10.1. The van der Waals surface area contributed by atoms with Crippen molar-refractivity contribution in [1.29, 1.82) is 0 Å². The molecule has 1 aromatic carbocycles. The molecular weight excluding hydrogens is 186 g/mol. The van der Waals surface area contributed by atoms with Crippen LogP contribution < -0.4 is 0 Å². The fourth-order valence-electron chi connectivity index (χ4n) is 1.47. The summed E-state index contributed by atoms with van der Waals surface area (Å²) in [5.41, 5.74) is 2.52. The van der Waals surface area contributed by atoms with Crippen molar-refractivity contribution in [3.05, 3.63) is 34.5 Å². The minimum Gasteiger partial charge on any atom is -0.358 e. The van der Waals surface area contributed by atoms with Crippen LogP contribution in [-0.2, 0) is 0 Å². The van der Waals surface area contributed by atoms with Crippen LogP contribution in [0.15, 0.2) is 18.2 Å². The third-order valence-electron chi connectivity index (χ3n) is 2.12. The van der Waals surface area contributed by atoms with Crippen molar-refractivity contribution in [3.8, 4) is 0 Å². The largest absolute Gasteiger partial charge is 0.358 e. The lowest BCUT2D eigenvalue weighted by Gasteiger charge is -1.91. The van der Waals surface area contributed by atoms with E-state index in [1.807, 2.05) is 13.0 Å². The van der Waals surface area contributed by atoms with Gasteiger partial charge >= 0.3 is 0 Å². The number of fused-ring (bicyclic) bond motifs is 1. The van der Waals surface area contributed by atoms with Gasteiger partial charge in [0.15, 0.2) is 6.29 Å². The number of halogens is 1. The van der Waals surface area contributed by atoms with Gasteiger partial charge < -0.3 is 4.98 Å². The zero-order chi connectivity index (χ0) is 9.42. The van der Waals surface area contributed by atoms with E-state index < -0.39 is 0 Å². The van der Waals surface area contributed by atoms with Gasteiger partial charge in [-0.3, -0.25) is 4.79 Å². The molecule has 3 heteroatoms. The first kappa shape index (κ1) is 8.32. The number of H-pyrrole nitrogens is 1. The lowest BCUT2D eigenvalue weighted by Crippen LogP contribution is -1.79. The average Bonchev–Trinajstić information content (AvgIpc) is 2.40. The van der Waals surface area contributed by atoms with Gasteiger partial charge in [0, 0.05) is 27.2 Å². The predicted octanol–water partition coefficient (Wildman–Crippen LogP) is 2.94. The molecule has 1 N–H and O–H groups in total. The van der Waals surface area contributed by atoms with Gasteiger partial charge in [0.1, 0.15) is 0 Å². The monoisotopic (exact) mass is 193 g/mol. The van der Waals surface area contributed by atoms with Gasteiger partial charge in [0.05, 0.1) is 0 Å². The molecule has 0 radical (unpaired) electrons. The van der Waals surface area contributed by atoms with Crippen LogP contribution in [0.25, 0.3) is 10.9 Å². The molecule has 0 amide bonds. The standard InChI is InChI=1S/C10H8ClNO/c1-6-9(5-13)8-4-7(11)2-3-10(8)12-6/h2-5,12H,1H3. The predicted molar refractivity (Wildman–Crippen MR) is 53.4 cm³/mol. The molecule has 66 valence electrons. The molecule has 0 aliphatic rings. The topological polar surface area (TPSA) is 32.9 Å². The summed E-state index contributed by atoms with van der Waals surface area (Å²) in [4.78, 5) is 13.9. The van der Waals surface area contributed by atoms with Crippen LogP contribution in [0.1, 0.15) is 16.1 Å². The summed E-state index contributed by atoms with van der Waals surface area (Å²) in [6.45, 7) is 1.87. The molecule has 2 nitrogen and oxygen atoms in total. The highest BCUT2D eigenvalue weighted by atomic mass is 35.5. The second-order valence-corrected chi connectivity index (χ2v) is 3.41. The van der Waals surface area contributed by atoms with Crippen molar-refractivity contribution in [2.45, 2.75) is 6.92 Å². The Kier molecular flexibility index (Phi) is 1.85. The number of aromatic amines is 1. The van der Waals surface area contributed by atoms with E-state index in [0.717, 1.165) is 22.9 Å². The Morgan fingerprint density at radius 2 is 2.23 bits per heavy atom. The van der Waals surface area contributed by atoms with E-state index in [-0.39, 0.29) is 0 Å². The number of hydrogen-bond acceptors (Lipinski definition) is 1. The maximum Gasteiger partial charge on any atom is 0.152 e. The number of carbonyl (C=O) groups is 1. The highest BCUT2D eigenvalue weighted by Crippen LogP contribution is 2.23. The minimum atomic E-state index is 0.648. The molecule has 0 saturated heterocycles. The van der Waals surface area contributed by atoms with Crippen LogP contribution in [0.3, 0.4) is 0 Å². The molecular formula is C10H8ClNO. The van der Waals surface area contributed by atoms with Crippen molar-refractivity contribution < 1.29 is 4.79 Å². The van der Waals surface area contributed by atoms with Crippen LogP contribution in [0.2, 0.25) is 5.02 Å². The molecule has 0 aliphatic carbocycles. The Balaban J connectivity index is 2.88. The van der Waals surface area contributed by atoms with Gasteiger partial charge in [0.2, 0.25) is 0 Å². The van der Waals surface area contributed by atoms with Crippen LogP contribution in [0, 0.1) is 6.92 Å². The summed E-state index contributed by atoms with van der Waals surface area (Å²) >= 11 is 5.83. The van der Waals surface area contributed by atoms with Crippen LogP contribution in [0.5, 0.6) is 0 Å². The van der Waals surface area contributed by atoms with E-state index in [9.17, 15) is 4.79 Å². The number of carbonyl (C=O) groups excluding carboxylic acids is 1. The normalized spacial score (nSPS) is 10.6. The maximum absolute atomic E-state index is 10.8. The summed E-state index contributed by atoms with van der Waals surface area (Å²) < 4.78 is 0. The fourth-order valence-corrected chi connectivity index (χ4v) is 1.64. The van der Waals surface area contributed by atoms with E-state index in [0.29, 0.717) is 10.6 Å². The quantitative estimate of drug-likeness (QED) is 0.694. The molecule has 1 aromatic heterocycles. The lowest BCUT2D eigenvalue weighted by molar-refractivity contribution is 0.112. The summed E-state index contributed by atoms with van der Waals surface area (Å²) in [5.74, 6) is 0. The molecule has 0 spiro atoms. The molecule has 0 bridgehead atoms. The third kappa shape index (κ3) is 1.23. The van der Waals surface area contributed by atoms with Gasteiger partial charge in [-0.2, -0.15) is 0 Å². The van der Waals surface area contributed by atoms with E-state index in [4.69, 9.17) is 11.6 Å². The number of rotatable bonds is 1. The molecule has 0 unspecified atom stereocenters. The van der Waals surface area contributed by atoms with E-state index >= 15 is 0 Å². The number of hydrogen-bond donors (Lipinski definition) is 1. The number of aldehydes is 1. The second kappa shape index (κ2) is 2.89. The third-order valence-corrected chi connectivity index (χ3v) is 2.35. The fraction of sp³-hybridized carbons (Fsp3) is 0.100. The summed E-state index contributed by atoms with van der Waals surface area (Å²) in [7, 11) is 0. The van der Waals surface area contributed by atoms with Crippen molar-refractivity contribution in [3.63, 3.8) is 0 Å². The highest BCUT2D eigenvalue weighted by molar-refractivity contribution is 6.31. The first-order chi connectivity index (χ1) is 6.22. The van der Waals surface area contributed by atoms with Gasteiger partial charge in [-0.15, -0.1) is 0 Å². The van der Waals surface area contributed by atoms with Crippen LogP contribution in [-0.4, -0.2) is 11.3 Å². The van der Waals surface area contributed by atoms with Crippen molar-refractivity contribution in [2.75, 3.05) is 0 Å². The Hall–Kier alpha value is -1.28. The van der Waals surface area contributed by atoms with Crippen molar-refractivity contribution >= 4 is 28.8 Å². The van der Waals surface area contributed by atoms with E-state index in [1.165, 1.54) is 0 Å². The zero-order valence-corrected chi connectivity index (χ0v) is 7.85. The van der Waals surface area contributed by atoms with E-state index in [1.54, 1.807) is 12.1 Å². The molecule has 0 atom stereocenters. The molecule has 0 saturated carbocycles. The highest BCUT2D eigenvalue weighted by Gasteiger charge is 2.06. The molecule has 0 aliphatic heterocycles. The Morgan fingerprint density at radius 3 is 2.92 bits per heavy atom. The molecule has 0 fully saturated rings. The van der Waals surface area contributed by atoms with E-state index in [2.05, 4.69) is 4.98 Å². The SMILES string of the molecule is Cc1[nH]c2ccc(Cl)cc2c1C=O. The average molecular weight is 194 g/mol. The first-order valence-electron chi connectivity index (χ1n) is 3.95. The molecule has 2 aromatic rings. The Labute approximate surface area is 80.5 Å². The van der Waals surface area contributed by atoms with Crippen molar-refractivity contribution in [2.24, 2.45) is 0 Å². The summed E-state index contributed by atoms with van der Waals surface area (Å²) in [6.07, 6.45) is 0.852. The van der Waals surface area contributed by atoms with Crippen LogP contribution >= 0.6 is 11.6 Å². The number of benzene rings is 1. The van der Waals surface area contributed by atoms with Crippen molar-refractivity contribution in [1.82, 2.24) is 4.98 Å². The Morgan fingerprint density at radius 1 is 1.46 bits per heavy atom. The van der Waals surface area contributed by atoms with Crippen LogP contribution in [0.4, 0.5) is 0 Å². The van der Waals surface area contributed by atoms with Gasteiger partial charge in [-0.25, -0.2) is 0 Å². The number of aryl methyl sites for hydroxylation is 1. The zero-order valence-electron chi connectivity index (χ0n) is 7.10. The Bertz CT molecular complexity index is 473. The molecule has 2 rings (SSSR count). The first-order valence-corrected chi connectivity index (χ1v) is 4.33. The van der Waals surface area contributed by atoms with Gasteiger partial charge in [-0.05, 0) is 25.1 Å². The number of aromatic nitrogens is 1. The molecule has 1 heterocycles. The summed E-state index contributed by atoms with van der Waals surface area (Å²) in [5, 5.41) is 1.54. The van der Waals surface area contributed by atoms with Gasteiger partial charge in [-0.1, -0.05) is 11.6 Å². The second-order valence-electron chi connectivity index (χ2n) is 2.97. The smallest absolute Gasteiger partial charge is 0.152 e. The number of nitrogens with one attached hydrogen (secondary N) is 1. The molecule has 13 heavy (non-hydrogen) atoms. The maximum atomic E-state index is 10.8. The van der Waals surface area contributed by atoms with Gasteiger partial charge in [0.25, 0.3) is 0 Å².